The summed E-state index contributed by atoms with van der Waals surface area (Å²) in [6.45, 7) is 17.7. The minimum atomic E-state index is 0.131. The predicted molar refractivity (Wildman–Crippen MR) is 135 cm³/mol. The Morgan fingerprint density at radius 1 is 1.03 bits per heavy atom. The molecule has 8 heteroatoms. The third-order valence-electron chi connectivity index (χ3n) is 5.05. The third kappa shape index (κ3) is 9.45. The van der Waals surface area contributed by atoms with Crippen molar-refractivity contribution >= 4 is 18.4 Å². The van der Waals surface area contributed by atoms with Crippen LogP contribution in [0.4, 0.5) is 0 Å². The molecule has 0 amide bonds. The van der Waals surface area contributed by atoms with E-state index in [1.54, 1.807) is 26.4 Å². The summed E-state index contributed by atoms with van der Waals surface area (Å²) in [5.41, 5.74) is 8.22. The largest absolute Gasteiger partial charge is 0.493 e. The summed E-state index contributed by atoms with van der Waals surface area (Å²) < 4.78 is 10.6. The maximum Gasteiger partial charge on any atom is 0.219 e. The standard InChI is InChI=1S/C24H38N6O2/c1-8-20(12-10-11-13-23(32-7)22(9-2)31-6)28-21(19(3)27-24(25)26-4)18-30-16-14-29(5)15-17-30/h8-9,11,13H,1-2,4,10,12,14-18H2,3,5-7H3,(H2,25,27)/b13-11?,21-19+,23-22-,28-20?. The molecule has 0 aromatic heterocycles. The van der Waals surface area contributed by atoms with E-state index in [4.69, 9.17) is 20.2 Å². The lowest BCUT2D eigenvalue weighted by Crippen LogP contribution is -2.45. The minimum Gasteiger partial charge on any atom is -0.493 e. The predicted octanol–water partition coefficient (Wildman–Crippen LogP) is 3.13. The molecule has 1 aliphatic rings. The Balaban J connectivity index is 3.02. The second-order valence-corrected chi connectivity index (χ2v) is 7.33. The van der Waals surface area contributed by atoms with Gasteiger partial charge in [0.05, 0.1) is 25.6 Å². The van der Waals surface area contributed by atoms with Crippen molar-refractivity contribution in [2.45, 2.75) is 19.8 Å². The van der Waals surface area contributed by atoms with Crippen molar-refractivity contribution in [3.8, 4) is 0 Å². The molecular weight excluding hydrogens is 404 g/mol. The molecule has 1 saturated heterocycles. The van der Waals surface area contributed by atoms with Gasteiger partial charge in [0.2, 0.25) is 5.96 Å². The SMILES string of the molecule is C=CC(CCC=C/C(OC)=C(\C=C)OC)=N/C(CN1CCN(C)CC1)=C(\C)N=C(N)N=C. The van der Waals surface area contributed by atoms with Crippen molar-refractivity contribution in [1.29, 1.82) is 0 Å². The van der Waals surface area contributed by atoms with Gasteiger partial charge in [-0.25, -0.2) is 9.98 Å². The van der Waals surface area contributed by atoms with E-state index >= 15 is 0 Å². The van der Waals surface area contributed by atoms with E-state index in [1.165, 1.54) is 0 Å². The molecule has 0 unspecified atom stereocenters. The van der Waals surface area contributed by atoms with Gasteiger partial charge in [0.1, 0.15) is 0 Å². The van der Waals surface area contributed by atoms with Crippen molar-refractivity contribution < 1.29 is 9.47 Å². The number of ether oxygens (including phenoxy) is 2. The van der Waals surface area contributed by atoms with Crippen LogP contribution in [-0.2, 0) is 9.47 Å². The molecule has 1 heterocycles. The molecule has 1 aliphatic heterocycles. The summed E-state index contributed by atoms with van der Waals surface area (Å²) in [4.78, 5) is 17.6. The molecule has 1 rings (SSSR count). The normalized spacial score (nSPS) is 18.1. The lowest BCUT2D eigenvalue weighted by molar-refractivity contribution is 0.163. The first-order chi connectivity index (χ1) is 15.4. The molecule has 0 aromatic carbocycles. The highest BCUT2D eigenvalue weighted by molar-refractivity contribution is 5.95. The molecule has 0 saturated carbocycles. The topological polar surface area (TPSA) is 88.0 Å². The van der Waals surface area contributed by atoms with Crippen molar-refractivity contribution in [2.75, 3.05) is 54.0 Å². The number of allylic oxidation sites excluding steroid dienone is 5. The number of rotatable bonds is 12. The van der Waals surface area contributed by atoms with Gasteiger partial charge in [-0.1, -0.05) is 19.2 Å². The van der Waals surface area contributed by atoms with E-state index in [9.17, 15) is 0 Å². The van der Waals surface area contributed by atoms with E-state index in [0.717, 1.165) is 49.7 Å². The number of piperazine rings is 1. The number of aliphatic imine (C=N–C) groups is 3. The number of guanidine groups is 1. The number of hydrogen-bond donors (Lipinski definition) is 1. The summed E-state index contributed by atoms with van der Waals surface area (Å²) in [5.74, 6) is 1.33. The average molecular weight is 443 g/mol. The highest BCUT2D eigenvalue weighted by Crippen LogP contribution is 2.15. The van der Waals surface area contributed by atoms with Crippen molar-refractivity contribution in [2.24, 2.45) is 20.7 Å². The summed E-state index contributed by atoms with van der Waals surface area (Å²) in [7, 11) is 5.32. The molecule has 0 aromatic rings. The summed E-state index contributed by atoms with van der Waals surface area (Å²) >= 11 is 0. The molecule has 0 atom stereocenters. The van der Waals surface area contributed by atoms with Gasteiger partial charge in [0.15, 0.2) is 11.5 Å². The first-order valence-corrected chi connectivity index (χ1v) is 10.6. The van der Waals surface area contributed by atoms with Crippen LogP contribution in [0.1, 0.15) is 19.8 Å². The highest BCUT2D eigenvalue weighted by atomic mass is 16.5. The Morgan fingerprint density at radius 3 is 2.22 bits per heavy atom. The molecule has 32 heavy (non-hydrogen) atoms. The second-order valence-electron chi connectivity index (χ2n) is 7.33. The zero-order valence-corrected chi connectivity index (χ0v) is 20.0. The van der Waals surface area contributed by atoms with Gasteiger partial charge in [-0.15, -0.1) is 0 Å². The van der Waals surface area contributed by atoms with Gasteiger partial charge in [-0.05, 0) is 51.8 Å². The third-order valence-corrected chi connectivity index (χ3v) is 5.05. The Hall–Kier alpha value is -2.97. The summed E-state index contributed by atoms with van der Waals surface area (Å²) in [6.07, 6.45) is 8.74. The van der Waals surface area contributed by atoms with Crippen molar-refractivity contribution in [1.82, 2.24) is 9.80 Å². The maximum absolute atomic E-state index is 5.77. The number of likely N-dealkylation sites (N-methyl/N-ethyl adjacent to an activating group) is 1. The van der Waals surface area contributed by atoms with Crippen LogP contribution >= 0.6 is 0 Å². The van der Waals surface area contributed by atoms with E-state index < -0.39 is 0 Å². The molecular formula is C24H38N6O2. The number of methoxy groups -OCH3 is 2. The molecule has 176 valence electrons. The molecule has 0 bridgehead atoms. The van der Waals surface area contributed by atoms with Crippen LogP contribution in [-0.4, -0.2) is 82.2 Å². The number of hydrogen-bond acceptors (Lipinski definition) is 6. The molecule has 1 fully saturated rings. The molecule has 0 radical (unpaired) electrons. The van der Waals surface area contributed by atoms with Crippen LogP contribution in [0.15, 0.2) is 75.4 Å². The Morgan fingerprint density at radius 2 is 1.69 bits per heavy atom. The van der Waals surface area contributed by atoms with E-state index in [2.05, 4.69) is 46.7 Å². The fraction of sp³-hybridized carbons (Fsp3) is 0.458. The van der Waals surface area contributed by atoms with Crippen molar-refractivity contribution in [3.63, 3.8) is 0 Å². The van der Waals surface area contributed by atoms with Gasteiger partial charge >= 0.3 is 0 Å². The van der Waals surface area contributed by atoms with E-state index in [0.29, 0.717) is 24.5 Å². The van der Waals surface area contributed by atoms with Crippen LogP contribution in [0, 0.1) is 0 Å². The lowest BCUT2D eigenvalue weighted by atomic mass is 10.1. The van der Waals surface area contributed by atoms with Crippen LogP contribution in [0.3, 0.4) is 0 Å². The number of nitrogens with two attached hydrogens (primary N) is 1. The molecule has 2 N–H and O–H groups in total. The quantitative estimate of drug-likeness (QED) is 0.217. The van der Waals surface area contributed by atoms with Crippen LogP contribution in [0.2, 0.25) is 0 Å². The van der Waals surface area contributed by atoms with E-state index in [1.807, 2.05) is 19.1 Å². The molecule has 0 aliphatic carbocycles. The molecule has 0 spiro atoms. The second kappa shape index (κ2) is 14.9. The molecule has 8 nitrogen and oxygen atoms in total. The maximum atomic E-state index is 5.77. The van der Waals surface area contributed by atoms with Gasteiger partial charge in [-0.3, -0.25) is 9.89 Å². The van der Waals surface area contributed by atoms with Crippen LogP contribution in [0.5, 0.6) is 0 Å². The average Bonchev–Trinajstić information content (AvgIpc) is 2.80. The summed E-state index contributed by atoms with van der Waals surface area (Å²) in [5, 5.41) is 0. The zero-order valence-electron chi connectivity index (χ0n) is 20.0. The van der Waals surface area contributed by atoms with Gasteiger partial charge in [0.25, 0.3) is 0 Å². The highest BCUT2D eigenvalue weighted by Gasteiger charge is 2.16. The number of nitrogens with zero attached hydrogens (tertiary/aromatic N) is 5. The van der Waals surface area contributed by atoms with E-state index in [-0.39, 0.29) is 5.96 Å². The fourth-order valence-corrected chi connectivity index (χ4v) is 3.05. The summed E-state index contributed by atoms with van der Waals surface area (Å²) in [6, 6.07) is 0. The smallest absolute Gasteiger partial charge is 0.219 e. The fourth-order valence-electron chi connectivity index (χ4n) is 3.05. The van der Waals surface area contributed by atoms with Gasteiger partial charge in [0, 0.05) is 38.4 Å². The van der Waals surface area contributed by atoms with Gasteiger partial charge < -0.3 is 20.1 Å². The Bertz CT molecular complexity index is 799. The van der Waals surface area contributed by atoms with Crippen molar-refractivity contribution in [3.05, 3.63) is 60.4 Å². The minimum absolute atomic E-state index is 0.131. The lowest BCUT2D eigenvalue weighted by Gasteiger charge is -2.32. The Labute approximate surface area is 192 Å². The Kier molecular flexibility index (Phi) is 12.6. The van der Waals surface area contributed by atoms with Crippen LogP contribution < -0.4 is 5.73 Å². The van der Waals surface area contributed by atoms with Crippen LogP contribution in [0.25, 0.3) is 0 Å². The monoisotopic (exact) mass is 442 g/mol. The first-order valence-electron chi connectivity index (χ1n) is 10.6. The first kappa shape index (κ1) is 27.1. The van der Waals surface area contributed by atoms with Gasteiger partial charge in [-0.2, -0.15) is 0 Å². The zero-order chi connectivity index (χ0) is 23.9.